The number of hydrogen-bond donors (Lipinski definition) is 0. The van der Waals surface area contributed by atoms with Crippen LogP contribution in [0.2, 0.25) is 0 Å². The van der Waals surface area contributed by atoms with Crippen LogP contribution in [0.25, 0.3) is 11.3 Å². The minimum absolute atomic E-state index is 0.0497. The lowest BCUT2D eigenvalue weighted by Gasteiger charge is -2.17. The van der Waals surface area contributed by atoms with E-state index in [2.05, 4.69) is 21.5 Å². The third kappa shape index (κ3) is 4.52. The lowest BCUT2D eigenvalue weighted by atomic mass is 10.2. The number of thioether (sulfide) groups is 1. The molecule has 1 aromatic carbocycles. The standard InChI is InChI=1S/C18H16N4OS2/c1-2-11-22(16(23)13-24-17-19-9-6-10-20-17)18-21-15(12-25-18)14-7-4-3-5-8-14/h2-10,12H,1,11,13H2. The van der Waals surface area contributed by atoms with Gasteiger partial charge in [-0.1, -0.05) is 48.2 Å². The van der Waals surface area contributed by atoms with E-state index in [1.165, 1.54) is 23.1 Å². The van der Waals surface area contributed by atoms with E-state index < -0.39 is 0 Å². The Morgan fingerprint density at radius 2 is 1.96 bits per heavy atom. The third-order valence-electron chi connectivity index (χ3n) is 3.27. The second-order valence-electron chi connectivity index (χ2n) is 4.99. The maximum Gasteiger partial charge on any atom is 0.239 e. The Kier molecular flexibility index (Phi) is 5.92. The monoisotopic (exact) mass is 368 g/mol. The zero-order chi connectivity index (χ0) is 17.5. The fourth-order valence-electron chi connectivity index (χ4n) is 2.11. The smallest absolute Gasteiger partial charge is 0.239 e. The van der Waals surface area contributed by atoms with Gasteiger partial charge in [-0.3, -0.25) is 9.69 Å². The van der Waals surface area contributed by atoms with Crippen LogP contribution in [-0.4, -0.2) is 33.2 Å². The highest BCUT2D eigenvalue weighted by atomic mass is 32.2. The van der Waals surface area contributed by atoms with E-state index in [0.717, 1.165) is 11.3 Å². The molecule has 0 radical (unpaired) electrons. The van der Waals surface area contributed by atoms with Crippen molar-refractivity contribution in [2.24, 2.45) is 0 Å². The lowest BCUT2D eigenvalue weighted by molar-refractivity contribution is -0.116. The van der Waals surface area contributed by atoms with Gasteiger partial charge in [-0.15, -0.1) is 17.9 Å². The van der Waals surface area contributed by atoms with Crippen LogP contribution in [0.4, 0.5) is 5.13 Å². The minimum Gasteiger partial charge on any atom is -0.284 e. The van der Waals surface area contributed by atoms with Crippen LogP contribution in [0.3, 0.4) is 0 Å². The van der Waals surface area contributed by atoms with Crippen molar-refractivity contribution in [2.45, 2.75) is 5.16 Å². The minimum atomic E-state index is -0.0497. The molecule has 0 aliphatic heterocycles. The number of amides is 1. The van der Waals surface area contributed by atoms with Gasteiger partial charge in [-0.25, -0.2) is 15.0 Å². The molecule has 0 aliphatic rings. The third-order valence-corrected chi connectivity index (χ3v) is 5.00. The van der Waals surface area contributed by atoms with Gasteiger partial charge < -0.3 is 0 Å². The van der Waals surface area contributed by atoms with Crippen LogP contribution in [0.1, 0.15) is 0 Å². The second-order valence-corrected chi connectivity index (χ2v) is 6.77. The first-order valence-corrected chi connectivity index (χ1v) is 9.46. The van der Waals surface area contributed by atoms with Gasteiger partial charge in [0.15, 0.2) is 10.3 Å². The molecule has 25 heavy (non-hydrogen) atoms. The molecule has 0 spiro atoms. The summed E-state index contributed by atoms with van der Waals surface area (Å²) in [5.74, 6) is 0.198. The second kappa shape index (κ2) is 8.55. The normalized spacial score (nSPS) is 10.4. The molecule has 3 aromatic rings. The summed E-state index contributed by atoms with van der Waals surface area (Å²) in [6.45, 7) is 4.16. The molecule has 0 bridgehead atoms. The molecular formula is C18H16N4OS2. The Morgan fingerprint density at radius 1 is 1.20 bits per heavy atom. The van der Waals surface area contributed by atoms with E-state index in [0.29, 0.717) is 16.8 Å². The summed E-state index contributed by atoms with van der Waals surface area (Å²) in [7, 11) is 0. The largest absolute Gasteiger partial charge is 0.284 e. The fourth-order valence-corrected chi connectivity index (χ4v) is 3.65. The molecule has 0 atom stereocenters. The Hall–Kier alpha value is -2.51. The maximum absolute atomic E-state index is 12.6. The predicted octanol–water partition coefficient (Wildman–Crippen LogP) is 3.91. The number of benzene rings is 1. The van der Waals surface area contributed by atoms with Crippen molar-refractivity contribution in [2.75, 3.05) is 17.2 Å². The summed E-state index contributed by atoms with van der Waals surface area (Å²) in [6.07, 6.45) is 5.02. The number of aromatic nitrogens is 3. The quantitative estimate of drug-likeness (QED) is 0.359. The average Bonchev–Trinajstić information content (AvgIpc) is 3.15. The molecule has 1 amide bonds. The van der Waals surface area contributed by atoms with Crippen molar-refractivity contribution in [3.63, 3.8) is 0 Å². The van der Waals surface area contributed by atoms with Crippen molar-refractivity contribution in [1.82, 2.24) is 15.0 Å². The number of carbonyl (C=O) groups excluding carboxylic acids is 1. The Bertz CT molecular complexity index is 837. The van der Waals surface area contributed by atoms with E-state index in [4.69, 9.17) is 0 Å². The number of anilines is 1. The van der Waals surface area contributed by atoms with Gasteiger partial charge in [0.1, 0.15) is 0 Å². The molecule has 2 aromatic heterocycles. The molecule has 0 fully saturated rings. The van der Waals surface area contributed by atoms with Gasteiger partial charge in [-0.2, -0.15) is 0 Å². The molecule has 0 saturated heterocycles. The van der Waals surface area contributed by atoms with Gasteiger partial charge >= 0.3 is 0 Å². The molecule has 5 nitrogen and oxygen atoms in total. The highest BCUT2D eigenvalue weighted by Crippen LogP contribution is 2.28. The zero-order valence-electron chi connectivity index (χ0n) is 13.4. The molecule has 7 heteroatoms. The predicted molar refractivity (Wildman–Crippen MR) is 103 cm³/mol. The highest BCUT2D eigenvalue weighted by molar-refractivity contribution is 7.99. The van der Waals surface area contributed by atoms with Crippen molar-refractivity contribution < 1.29 is 4.79 Å². The Balaban J connectivity index is 1.73. The summed E-state index contributed by atoms with van der Waals surface area (Å²) < 4.78 is 0. The lowest BCUT2D eigenvalue weighted by Crippen LogP contribution is -2.32. The first-order valence-electron chi connectivity index (χ1n) is 7.60. The van der Waals surface area contributed by atoms with E-state index in [1.54, 1.807) is 29.4 Å². The van der Waals surface area contributed by atoms with Crippen LogP contribution in [0.5, 0.6) is 0 Å². The zero-order valence-corrected chi connectivity index (χ0v) is 15.0. The van der Waals surface area contributed by atoms with E-state index in [1.807, 2.05) is 35.7 Å². The number of rotatable bonds is 7. The number of carbonyl (C=O) groups is 1. The molecule has 126 valence electrons. The Labute approximate surface area is 154 Å². The molecule has 3 rings (SSSR count). The van der Waals surface area contributed by atoms with Gasteiger partial charge in [0.25, 0.3) is 0 Å². The molecule has 0 N–H and O–H groups in total. The fraction of sp³-hybridized carbons (Fsp3) is 0.111. The summed E-state index contributed by atoms with van der Waals surface area (Å²) >= 11 is 2.76. The van der Waals surface area contributed by atoms with Gasteiger partial charge in [0.05, 0.1) is 11.4 Å². The topological polar surface area (TPSA) is 59.0 Å². The van der Waals surface area contributed by atoms with Crippen molar-refractivity contribution in [3.05, 3.63) is 66.8 Å². The summed E-state index contributed by atoms with van der Waals surface area (Å²) in [5.41, 5.74) is 1.89. The molecule has 0 aliphatic carbocycles. The van der Waals surface area contributed by atoms with E-state index >= 15 is 0 Å². The molecule has 0 saturated carbocycles. The SMILES string of the molecule is C=CCN(C(=O)CSc1ncccn1)c1nc(-c2ccccc2)cs1. The van der Waals surface area contributed by atoms with Gasteiger partial charge in [-0.05, 0) is 6.07 Å². The average molecular weight is 368 g/mol. The van der Waals surface area contributed by atoms with Gasteiger partial charge in [0.2, 0.25) is 5.91 Å². The molecular weight excluding hydrogens is 352 g/mol. The van der Waals surface area contributed by atoms with Crippen LogP contribution in [-0.2, 0) is 4.79 Å². The van der Waals surface area contributed by atoms with Crippen LogP contribution in [0, 0.1) is 0 Å². The van der Waals surface area contributed by atoms with E-state index in [9.17, 15) is 4.79 Å². The molecule has 2 heterocycles. The summed E-state index contributed by atoms with van der Waals surface area (Å²) in [6, 6.07) is 11.7. The maximum atomic E-state index is 12.6. The summed E-state index contributed by atoms with van der Waals surface area (Å²) in [4.78, 5) is 27.1. The highest BCUT2D eigenvalue weighted by Gasteiger charge is 2.19. The van der Waals surface area contributed by atoms with Crippen LogP contribution >= 0.6 is 23.1 Å². The van der Waals surface area contributed by atoms with Gasteiger partial charge in [0, 0.05) is 29.9 Å². The number of thiazole rings is 1. The molecule has 0 unspecified atom stereocenters. The van der Waals surface area contributed by atoms with E-state index in [-0.39, 0.29) is 11.7 Å². The van der Waals surface area contributed by atoms with Crippen LogP contribution in [0.15, 0.2) is 72.0 Å². The van der Waals surface area contributed by atoms with Crippen molar-refractivity contribution in [1.29, 1.82) is 0 Å². The first kappa shape index (κ1) is 17.3. The van der Waals surface area contributed by atoms with Crippen molar-refractivity contribution in [3.8, 4) is 11.3 Å². The number of hydrogen-bond acceptors (Lipinski definition) is 6. The Morgan fingerprint density at radius 3 is 2.68 bits per heavy atom. The van der Waals surface area contributed by atoms with Crippen LogP contribution < -0.4 is 4.90 Å². The van der Waals surface area contributed by atoms with Crippen molar-refractivity contribution >= 4 is 34.1 Å². The first-order chi connectivity index (χ1) is 12.3. The number of nitrogens with zero attached hydrogens (tertiary/aromatic N) is 4. The summed E-state index contributed by atoms with van der Waals surface area (Å²) in [5, 5.41) is 3.21.